The van der Waals surface area contributed by atoms with E-state index in [0.29, 0.717) is 0 Å². The van der Waals surface area contributed by atoms with Crippen LogP contribution in [0.1, 0.15) is 5.56 Å². The van der Waals surface area contributed by atoms with Crippen molar-refractivity contribution in [2.24, 2.45) is 0 Å². The van der Waals surface area contributed by atoms with Crippen LogP contribution >= 0.6 is 11.8 Å². The molecule has 1 aromatic heterocycles. The highest BCUT2D eigenvalue weighted by molar-refractivity contribution is 7.99. The molecule has 11 heteroatoms. The average molecular weight is 347 g/mol. The van der Waals surface area contributed by atoms with E-state index in [1.165, 1.54) is 25.3 Å². The van der Waals surface area contributed by atoms with E-state index in [0.717, 1.165) is 22.5 Å². The first-order valence-corrected chi connectivity index (χ1v) is 7.15. The molecule has 0 unspecified atom stereocenters. The average Bonchev–Trinajstić information content (AvgIpc) is 2.85. The molecule has 0 bridgehead atoms. The van der Waals surface area contributed by atoms with Crippen molar-refractivity contribution in [1.82, 2.24) is 14.9 Å². The van der Waals surface area contributed by atoms with Crippen molar-refractivity contribution in [1.29, 1.82) is 0 Å². The highest BCUT2D eigenvalue weighted by Gasteiger charge is 2.33. The molecule has 0 radical (unpaired) electrons. The van der Waals surface area contributed by atoms with Gasteiger partial charge < -0.3 is 15.9 Å². The van der Waals surface area contributed by atoms with Crippen LogP contribution in [-0.2, 0) is 11.0 Å². The van der Waals surface area contributed by atoms with Crippen molar-refractivity contribution < 1.29 is 22.7 Å². The number of nitrogen functional groups attached to an aromatic ring is 1. The van der Waals surface area contributed by atoms with Crippen LogP contribution < -0.4 is 15.9 Å². The van der Waals surface area contributed by atoms with Crippen molar-refractivity contribution >= 4 is 23.4 Å². The molecule has 0 spiro atoms. The summed E-state index contributed by atoms with van der Waals surface area (Å²) in [4.78, 5) is 11.8. The van der Waals surface area contributed by atoms with Gasteiger partial charge in [-0.2, -0.15) is 17.8 Å². The maximum atomic E-state index is 12.8. The minimum atomic E-state index is -4.55. The van der Waals surface area contributed by atoms with Gasteiger partial charge in [-0.3, -0.25) is 4.79 Å². The molecule has 124 valence electrons. The van der Waals surface area contributed by atoms with Gasteiger partial charge in [0.1, 0.15) is 0 Å². The Bertz CT molecular complexity index is 704. The second-order valence-electron chi connectivity index (χ2n) is 4.22. The van der Waals surface area contributed by atoms with Crippen LogP contribution in [-0.4, -0.2) is 33.6 Å². The summed E-state index contributed by atoms with van der Waals surface area (Å²) in [6, 6.07) is 4.77. The number of hydrogen-bond donors (Lipinski definition) is 2. The van der Waals surface area contributed by atoms with Gasteiger partial charge in [0.25, 0.3) is 0 Å². The van der Waals surface area contributed by atoms with E-state index in [4.69, 9.17) is 10.6 Å². The molecule has 0 fully saturated rings. The van der Waals surface area contributed by atoms with E-state index in [1.54, 1.807) is 0 Å². The molecular formula is C12H12F3N5O2S. The molecule has 7 nitrogen and oxygen atoms in total. The predicted molar refractivity (Wildman–Crippen MR) is 77.5 cm³/mol. The first-order chi connectivity index (χ1) is 10.8. The molecule has 0 aliphatic rings. The number of amides is 1. The van der Waals surface area contributed by atoms with E-state index >= 15 is 0 Å². The molecule has 0 saturated carbocycles. The number of methoxy groups -OCH3 is 1. The molecule has 1 aromatic carbocycles. The number of nitrogens with zero attached hydrogens (tertiary/aromatic N) is 3. The zero-order valence-electron chi connectivity index (χ0n) is 11.8. The third kappa shape index (κ3) is 4.06. The molecular weight excluding hydrogens is 335 g/mol. The zero-order valence-corrected chi connectivity index (χ0v) is 12.6. The van der Waals surface area contributed by atoms with Gasteiger partial charge in [-0.1, -0.05) is 29.0 Å². The predicted octanol–water partition coefficient (Wildman–Crippen LogP) is 1.75. The summed E-state index contributed by atoms with van der Waals surface area (Å²) < 4.78 is 44.3. The first kappa shape index (κ1) is 16.9. The van der Waals surface area contributed by atoms with Crippen molar-refractivity contribution in [3.63, 3.8) is 0 Å². The number of halogens is 3. The van der Waals surface area contributed by atoms with Gasteiger partial charge in [-0.15, -0.1) is 5.10 Å². The van der Waals surface area contributed by atoms with Gasteiger partial charge in [0.05, 0.1) is 24.1 Å². The monoisotopic (exact) mass is 347 g/mol. The quantitative estimate of drug-likeness (QED) is 0.632. The summed E-state index contributed by atoms with van der Waals surface area (Å²) >= 11 is 0.915. The summed E-state index contributed by atoms with van der Waals surface area (Å²) in [5, 5.41) is 9.71. The Labute approximate surface area is 133 Å². The molecule has 2 aromatic rings. The lowest BCUT2D eigenvalue weighted by molar-refractivity contribution is -0.137. The van der Waals surface area contributed by atoms with E-state index < -0.39 is 17.6 Å². The number of benzene rings is 1. The second kappa shape index (κ2) is 6.77. The minimum absolute atomic E-state index is 0.0512. The highest BCUT2D eigenvalue weighted by atomic mass is 32.2. The van der Waals surface area contributed by atoms with Crippen molar-refractivity contribution in [3.05, 3.63) is 29.8 Å². The number of anilines is 1. The normalized spacial score (nSPS) is 11.3. The smallest absolute Gasteiger partial charge is 0.418 e. The maximum Gasteiger partial charge on any atom is 0.418 e. The topological polar surface area (TPSA) is 95.1 Å². The highest BCUT2D eigenvalue weighted by Crippen LogP contribution is 2.34. The summed E-state index contributed by atoms with van der Waals surface area (Å²) in [5.74, 6) is 4.78. The number of thioether (sulfide) groups is 1. The maximum absolute atomic E-state index is 12.8. The third-order valence-corrected chi connectivity index (χ3v) is 3.60. The van der Waals surface area contributed by atoms with Gasteiger partial charge in [0.15, 0.2) is 0 Å². The third-order valence-electron chi connectivity index (χ3n) is 2.65. The summed E-state index contributed by atoms with van der Waals surface area (Å²) in [7, 11) is 1.35. The molecule has 0 atom stereocenters. The standard InChI is InChI=1S/C12H12F3N5O2S/c1-22-10-18-19-11(20(10)16)23-6-9(21)17-8-5-3-2-4-7(8)12(13,14)15/h2-5H,6,16H2,1H3,(H,17,21). The molecule has 3 N–H and O–H groups in total. The fourth-order valence-corrected chi connectivity index (χ4v) is 2.31. The zero-order chi connectivity index (χ0) is 17.0. The first-order valence-electron chi connectivity index (χ1n) is 6.16. The number of nitrogens with one attached hydrogen (secondary N) is 1. The Morgan fingerprint density at radius 2 is 2.09 bits per heavy atom. The van der Waals surface area contributed by atoms with E-state index in [1.807, 2.05) is 0 Å². The molecule has 23 heavy (non-hydrogen) atoms. The van der Waals surface area contributed by atoms with Gasteiger partial charge in [0.2, 0.25) is 11.1 Å². The van der Waals surface area contributed by atoms with Crippen molar-refractivity contribution in [3.8, 4) is 6.01 Å². The Hall–Kier alpha value is -2.43. The van der Waals surface area contributed by atoms with E-state index in [2.05, 4.69) is 15.5 Å². The van der Waals surface area contributed by atoms with Crippen LogP contribution in [0.5, 0.6) is 6.01 Å². The van der Waals surface area contributed by atoms with Crippen molar-refractivity contribution in [2.75, 3.05) is 24.0 Å². The molecule has 1 amide bonds. The number of alkyl halides is 3. The van der Waals surface area contributed by atoms with Crippen LogP contribution in [0, 0.1) is 0 Å². The number of rotatable bonds is 5. The molecule has 2 rings (SSSR count). The second-order valence-corrected chi connectivity index (χ2v) is 5.16. The lowest BCUT2D eigenvalue weighted by atomic mass is 10.1. The number of carbonyl (C=O) groups excluding carboxylic acids is 1. The van der Waals surface area contributed by atoms with Crippen LogP contribution in [0.2, 0.25) is 0 Å². The van der Waals surface area contributed by atoms with Crippen LogP contribution in [0.15, 0.2) is 29.4 Å². The number of nitrogens with two attached hydrogens (primary N) is 1. The lowest BCUT2D eigenvalue weighted by Crippen LogP contribution is -2.19. The number of carbonyl (C=O) groups is 1. The fraction of sp³-hybridized carbons (Fsp3) is 0.250. The molecule has 0 aliphatic carbocycles. The Balaban J connectivity index is 2.02. The van der Waals surface area contributed by atoms with Crippen LogP contribution in [0.4, 0.5) is 18.9 Å². The van der Waals surface area contributed by atoms with E-state index in [9.17, 15) is 18.0 Å². The number of aromatic nitrogens is 3. The summed E-state index contributed by atoms with van der Waals surface area (Å²) in [6.45, 7) is 0. The van der Waals surface area contributed by atoms with Gasteiger partial charge >= 0.3 is 12.2 Å². The number of hydrogen-bond acceptors (Lipinski definition) is 6. The van der Waals surface area contributed by atoms with Gasteiger partial charge in [0, 0.05) is 0 Å². The Morgan fingerprint density at radius 3 is 2.70 bits per heavy atom. The lowest BCUT2D eigenvalue weighted by Gasteiger charge is -2.13. The SMILES string of the molecule is COc1nnc(SCC(=O)Nc2ccccc2C(F)(F)F)n1N. The number of ether oxygens (including phenoxy) is 1. The van der Waals surface area contributed by atoms with Gasteiger partial charge in [-0.25, -0.2) is 0 Å². The number of para-hydroxylation sites is 1. The summed E-state index contributed by atoms with van der Waals surface area (Å²) in [6.07, 6.45) is -4.55. The molecule has 0 aliphatic heterocycles. The van der Waals surface area contributed by atoms with E-state index in [-0.39, 0.29) is 22.6 Å². The van der Waals surface area contributed by atoms with Crippen LogP contribution in [0.3, 0.4) is 0 Å². The Morgan fingerprint density at radius 1 is 1.39 bits per heavy atom. The summed E-state index contributed by atoms with van der Waals surface area (Å²) in [5.41, 5.74) is -1.22. The van der Waals surface area contributed by atoms with Crippen LogP contribution in [0.25, 0.3) is 0 Å². The fourth-order valence-electron chi connectivity index (χ4n) is 1.66. The Kier molecular flexibility index (Phi) is 4.98. The van der Waals surface area contributed by atoms with Gasteiger partial charge in [-0.05, 0) is 12.1 Å². The molecule has 0 saturated heterocycles. The minimum Gasteiger partial charge on any atom is -0.466 e. The van der Waals surface area contributed by atoms with Crippen molar-refractivity contribution in [2.45, 2.75) is 11.3 Å². The molecule has 1 heterocycles. The largest absolute Gasteiger partial charge is 0.466 e.